The summed E-state index contributed by atoms with van der Waals surface area (Å²) < 4.78 is 0. The molecule has 4 aromatic rings. The molecule has 1 heterocycles. The van der Waals surface area contributed by atoms with E-state index in [0.717, 1.165) is 43.4 Å². The molecule has 172 valence electrons. The Hall–Kier alpha value is -3.79. The van der Waals surface area contributed by atoms with Crippen molar-refractivity contribution in [1.29, 1.82) is 0 Å². The highest BCUT2D eigenvalue weighted by Crippen LogP contribution is 2.51. The Morgan fingerprint density at radius 1 is 0.676 bits per heavy atom. The lowest BCUT2D eigenvalue weighted by Crippen LogP contribution is -2.45. The average Bonchev–Trinajstić information content (AvgIpc) is 2.86. The number of rotatable bonds is 6. The molecule has 0 bridgehead atoms. The van der Waals surface area contributed by atoms with Gasteiger partial charge < -0.3 is 17.2 Å². The van der Waals surface area contributed by atoms with E-state index in [2.05, 4.69) is 91.0 Å². The van der Waals surface area contributed by atoms with Crippen LogP contribution in [0.25, 0.3) is 0 Å². The van der Waals surface area contributed by atoms with Gasteiger partial charge in [-0.15, -0.1) is 0 Å². The minimum absolute atomic E-state index is 0.259. The SMILES string of the molecule is Nc1nc2c(c(N)c1N)C(Cc1ccccc1)(Cc1ccccc1)C(Cc1ccccc1)CC2. The molecule has 34 heavy (non-hydrogen) atoms. The number of aryl methyl sites for hydroxylation is 1. The summed E-state index contributed by atoms with van der Waals surface area (Å²) in [6.45, 7) is 0. The highest BCUT2D eigenvalue weighted by Gasteiger charge is 2.46. The van der Waals surface area contributed by atoms with Crippen molar-refractivity contribution in [2.45, 2.75) is 37.5 Å². The zero-order valence-electron chi connectivity index (χ0n) is 19.5. The first-order chi connectivity index (χ1) is 16.6. The Labute approximate surface area is 201 Å². The monoisotopic (exact) mass is 448 g/mol. The van der Waals surface area contributed by atoms with E-state index in [1.54, 1.807) is 0 Å². The number of fused-ring (bicyclic) bond motifs is 1. The molecule has 0 spiro atoms. The molecule has 1 unspecified atom stereocenters. The first-order valence-corrected chi connectivity index (χ1v) is 12.0. The van der Waals surface area contributed by atoms with E-state index in [0.29, 0.717) is 23.1 Å². The van der Waals surface area contributed by atoms with Crippen molar-refractivity contribution >= 4 is 17.2 Å². The minimum atomic E-state index is -0.259. The maximum absolute atomic E-state index is 6.80. The van der Waals surface area contributed by atoms with Gasteiger partial charge in [-0.1, -0.05) is 91.0 Å². The summed E-state index contributed by atoms with van der Waals surface area (Å²) in [5, 5.41) is 0. The van der Waals surface area contributed by atoms with E-state index in [1.165, 1.54) is 16.7 Å². The van der Waals surface area contributed by atoms with Crippen LogP contribution in [-0.2, 0) is 31.1 Å². The Bertz CT molecular complexity index is 1210. The van der Waals surface area contributed by atoms with Crippen LogP contribution in [0.4, 0.5) is 17.2 Å². The normalized spacial score (nSPS) is 16.6. The summed E-state index contributed by atoms with van der Waals surface area (Å²) in [5.41, 5.74) is 26.2. The largest absolute Gasteiger partial charge is 0.397 e. The van der Waals surface area contributed by atoms with Gasteiger partial charge in [0.05, 0.1) is 11.4 Å². The van der Waals surface area contributed by atoms with Gasteiger partial charge in [-0.25, -0.2) is 4.98 Å². The zero-order chi connectivity index (χ0) is 23.5. The summed E-state index contributed by atoms with van der Waals surface area (Å²) in [6.07, 6.45) is 4.58. The number of nitrogens with zero attached hydrogens (tertiary/aromatic N) is 1. The summed E-state index contributed by atoms with van der Waals surface area (Å²) in [7, 11) is 0. The van der Waals surface area contributed by atoms with Gasteiger partial charge in [0, 0.05) is 16.7 Å². The van der Waals surface area contributed by atoms with Crippen LogP contribution in [0, 0.1) is 5.92 Å². The van der Waals surface area contributed by atoms with Crippen LogP contribution in [0.2, 0.25) is 0 Å². The summed E-state index contributed by atoms with van der Waals surface area (Å²) in [4.78, 5) is 4.77. The molecule has 1 aromatic heterocycles. The third kappa shape index (κ3) is 4.12. The molecule has 4 heteroatoms. The standard InChI is InChI=1S/C30H32N4/c31-27-26-25(34-29(33)28(27)32)17-16-24(18-21-10-4-1-5-11-21)30(26,19-22-12-6-2-7-13-22)20-23-14-8-3-9-15-23/h1-15,24H,16-20,32H2,(H4,31,33,34). The maximum Gasteiger partial charge on any atom is 0.149 e. The molecule has 4 nitrogen and oxygen atoms in total. The van der Waals surface area contributed by atoms with Crippen molar-refractivity contribution in [2.24, 2.45) is 5.92 Å². The quantitative estimate of drug-likeness (QED) is 0.370. The Morgan fingerprint density at radius 2 is 1.18 bits per heavy atom. The highest BCUT2D eigenvalue weighted by molar-refractivity contribution is 5.79. The highest BCUT2D eigenvalue weighted by atomic mass is 14.9. The molecule has 1 aliphatic rings. The van der Waals surface area contributed by atoms with E-state index in [9.17, 15) is 0 Å². The Balaban J connectivity index is 1.73. The predicted octanol–water partition coefficient (Wildman–Crippen LogP) is 5.36. The van der Waals surface area contributed by atoms with E-state index < -0.39 is 0 Å². The van der Waals surface area contributed by atoms with Crippen molar-refractivity contribution in [2.75, 3.05) is 17.2 Å². The molecular weight excluding hydrogens is 416 g/mol. The fourth-order valence-electron chi connectivity index (χ4n) is 5.86. The fraction of sp³-hybridized carbons (Fsp3) is 0.233. The summed E-state index contributed by atoms with van der Waals surface area (Å²) >= 11 is 0. The number of anilines is 3. The van der Waals surface area contributed by atoms with Gasteiger partial charge in [-0.3, -0.25) is 0 Å². The third-order valence-electron chi connectivity index (χ3n) is 7.44. The number of nitrogen functional groups attached to an aromatic ring is 3. The van der Waals surface area contributed by atoms with Gasteiger partial charge >= 0.3 is 0 Å². The maximum atomic E-state index is 6.80. The molecule has 0 fully saturated rings. The van der Waals surface area contributed by atoms with Crippen molar-refractivity contribution < 1.29 is 0 Å². The van der Waals surface area contributed by atoms with Crippen LogP contribution < -0.4 is 17.2 Å². The summed E-state index contributed by atoms with van der Waals surface area (Å²) in [6, 6.07) is 32.2. The second kappa shape index (κ2) is 9.22. The second-order valence-corrected chi connectivity index (χ2v) is 9.55. The number of nitrogens with two attached hydrogens (primary N) is 3. The smallest absolute Gasteiger partial charge is 0.149 e. The van der Waals surface area contributed by atoms with E-state index in [4.69, 9.17) is 22.2 Å². The van der Waals surface area contributed by atoms with Crippen LogP contribution in [0.5, 0.6) is 0 Å². The van der Waals surface area contributed by atoms with Crippen LogP contribution in [0.1, 0.15) is 34.4 Å². The van der Waals surface area contributed by atoms with E-state index in [1.807, 2.05) is 0 Å². The van der Waals surface area contributed by atoms with Gasteiger partial charge in [0.15, 0.2) is 0 Å². The zero-order valence-corrected chi connectivity index (χ0v) is 19.5. The molecular formula is C30H32N4. The van der Waals surface area contributed by atoms with Crippen LogP contribution in [-0.4, -0.2) is 4.98 Å². The van der Waals surface area contributed by atoms with Gasteiger partial charge in [0.25, 0.3) is 0 Å². The second-order valence-electron chi connectivity index (χ2n) is 9.55. The van der Waals surface area contributed by atoms with Crippen molar-refractivity contribution in [1.82, 2.24) is 4.98 Å². The topological polar surface area (TPSA) is 90.9 Å². The van der Waals surface area contributed by atoms with Crippen LogP contribution in [0.15, 0.2) is 91.0 Å². The van der Waals surface area contributed by atoms with Gasteiger partial charge in [0.2, 0.25) is 0 Å². The number of pyridine rings is 1. The lowest BCUT2D eigenvalue weighted by molar-refractivity contribution is 0.224. The number of hydrogen-bond donors (Lipinski definition) is 3. The number of aromatic nitrogens is 1. The molecule has 5 rings (SSSR count). The van der Waals surface area contributed by atoms with Crippen LogP contribution >= 0.6 is 0 Å². The third-order valence-corrected chi connectivity index (χ3v) is 7.44. The molecule has 0 aliphatic heterocycles. The first-order valence-electron chi connectivity index (χ1n) is 12.0. The predicted molar refractivity (Wildman–Crippen MR) is 141 cm³/mol. The molecule has 0 saturated carbocycles. The lowest BCUT2D eigenvalue weighted by atomic mass is 9.57. The minimum Gasteiger partial charge on any atom is -0.397 e. The van der Waals surface area contributed by atoms with Gasteiger partial charge in [-0.2, -0.15) is 0 Å². The average molecular weight is 449 g/mol. The Morgan fingerprint density at radius 3 is 1.71 bits per heavy atom. The number of hydrogen-bond acceptors (Lipinski definition) is 4. The van der Waals surface area contributed by atoms with Crippen molar-refractivity contribution in [3.05, 3.63) is 119 Å². The molecule has 3 aromatic carbocycles. The molecule has 0 amide bonds. The van der Waals surface area contributed by atoms with Crippen LogP contribution in [0.3, 0.4) is 0 Å². The van der Waals surface area contributed by atoms with Gasteiger partial charge in [0.1, 0.15) is 5.82 Å². The van der Waals surface area contributed by atoms with Crippen molar-refractivity contribution in [3.8, 4) is 0 Å². The van der Waals surface area contributed by atoms with Crippen molar-refractivity contribution in [3.63, 3.8) is 0 Å². The van der Waals surface area contributed by atoms with E-state index >= 15 is 0 Å². The van der Waals surface area contributed by atoms with E-state index in [-0.39, 0.29) is 5.41 Å². The number of benzene rings is 3. The summed E-state index contributed by atoms with van der Waals surface area (Å²) in [5.74, 6) is 0.709. The molecule has 0 radical (unpaired) electrons. The first kappa shape index (κ1) is 22.0. The lowest BCUT2D eigenvalue weighted by Gasteiger charge is -2.47. The molecule has 1 atom stereocenters. The Kier molecular flexibility index (Phi) is 5.97. The molecule has 6 N–H and O–H groups in total. The fourth-order valence-corrected chi connectivity index (χ4v) is 5.86. The molecule has 0 saturated heterocycles. The van der Waals surface area contributed by atoms with Gasteiger partial charge in [-0.05, 0) is 54.7 Å². The molecule has 1 aliphatic carbocycles.